The summed E-state index contributed by atoms with van der Waals surface area (Å²) in [6, 6.07) is 7.57. The average Bonchev–Trinajstić information content (AvgIpc) is 2.29. The van der Waals surface area contributed by atoms with Gasteiger partial charge in [0.25, 0.3) is 0 Å². The molecule has 94 valence electrons. The molecule has 0 spiro atoms. The zero-order chi connectivity index (χ0) is 12.7. The van der Waals surface area contributed by atoms with Crippen LogP contribution in [0.4, 0.5) is 0 Å². The molecule has 0 amide bonds. The fourth-order valence-electron chi connectivity index (χ4n) is 1.48. The molecule has 0 N–H and O–H groups in total. The van der Waals surface area contributed by atoms with Crippen molar-refractivity contribution in [2.24, 2.45) is 5.92 Å². The van der Waals surface area contributed by atoms with Crippen molar-refractivity contribution in [2.45, 2.75) is 26.7 Å². The maximum atomic E-state index is 11.7. The van der Waals surface area contributed by atoms with E-state index < -0.39 is 0 Å². The fourth-order valence-corrected chi connectivity index (χ4v) is 1.84. The van der Waals surface area contributed by atoms with Gasteiger partial charge in [0.1, 0.15) is 6.61 Å². The van der Waals surface area contributed by atoms with Crippen molar-refractivity contribution in [3.63, 3.8) is 0 Å². The quantitative estimate of drug-likeness (QED) is 0.425. The highest BCUT2D eigenvalue weighted by molar-refractivity contribution is 14.1. The van der Waals surface area contributed by atoms with E-state index in [0.29, 0.717) is 12.5 Å². The number of ether oxygens (including phenoxy) is 1. The maximum Gasteiger partial charge on any atom is 0.188 e. The van der Waals surface area contributed by atoms with Gasteiger partial charge in [-0.05, 0) is 53.5 Å². The molecular weight excluding hydrogens is 327 g/mol. The van der Waals surface area contributed by atoms with Gasteiger partial charge in [0.05, 0.1) is 0 Å². The highest BCUT2D eigenvalue weighted by atomic mass is 127. The van der Waals surface area contributed by atoms with E-state index in [4.69, 9.17) is 4.74 Å². The molecule has 0 heterocycles. The third-order valence-corrected chi connectivity index (χ3v) is 3.19. The first kappa shape index (κ1) is 14.6. The van der Waals surface area contributed by atoms with E-state index in [9.17, 15) is 4.79 Å². The normalized spacial score (nSPS) is 10.8. The molecule has 0 saturated heterocycles. The number of halogens is 1. The number of hydrogen-bond acceptors (Lipinski definition) is 2. The van der Waals surface area contributed by atoms with Crippen LogP contribution in [0.1, 0.15) is 37.0 Å². The van der Waals surface area contributed by atoms with E-state index in [-0.39, 0.29) is 12.4 Å². The van der Waals surface area contributed by atoms with Gasteiger partial charge in [-0.1, -0.05) is 26.0 Å². The van der Waals surface area contributed by atoms with Crippen molar-refractivity contribution in [1.82, 2.24) is 0 Å². The van der Waals surface area contributed by atoms with Crippen molar-refractivity contribution >= 4 is 28.4 Å². The molecule has 0 aliphatic heterocycles. The standard InChI is InChI=1S/C14H19IO2/c1-11(2)4-3-9-17-10-14(16)12-5-7-13(15)8-6-12/h5-8,11H,3-4,9-10H2,1-2H3. The van der Waals surface area contributed by atoms with Gasteiger partial charge in [0.15, 0.2) is 5.78 Å². The fraction of sp³-hybridized carbons (Fsp3) is 0.500. The molecule has 1 aromatic rings. The van der Waals surface area contributed by atoms with Crippen LogP contribution in [-0.4, -0.2) is 19.0 Å². The van der Waals surface area contributed by atoms with Crippen LogP contribution in [0, 0.1) is 9.49 Å². The lowest BCUT2D eigenvalue weighted by atomic mass is 10.1. The van der Waals surface area contributed by atoms with Crippen molar-refractivity contribution in [1.29, 1.82) is 0 Å². The van der Waals surface area contributed by atoms with E-state index in [2.05, 4.69) is 36.4 Å². The molecule has 0 bridgehead atoms. The molecule has 0 fully saturated rings. The summed E-state index contributed by atoms with van der Waals surface area (Å²) < 4.78 is 6.52. The monoisotopic (exact) mass is 346 g/mol. The van der Waals surface area contributed by atoms with Crippen molar-refractivity contribution in [3.8, 4) is 0 Å². The third kappa shape index (κ3) is 6.17. The summed E-state index contributed by atoms with van der Waals surface area (Å²) in [5.41, 5.74) is 0.731. The maximum absolute atomic E-state index is 11.7. The highest BCUT2D eigenvalue weighted by Crippen LogP contribution is 2.08. The lowest BCUT2D eigenvalue weighted by Crippen LogP contribution is -2.10. The smallest absolute Gasteiger partial charge is 0.188 e. The summed E-state index contributed by atoms with van der Waals surface area (Å²) in [6.07, 6.45) is 2.18. The minimum Gasteiger partial charge on any atom is -0.373 e. The Hall–Kier alpha value is -0.420. The molecular formula is C14H19IO2. The number of benzene rings is 1. The van der Waals surface area contributed by atoms with Gasteiger partial charge < -0.3 is 4.74 Å². The third-order valence-electron chi connectivity index (χ3n) is 2.47. The summed E-state index contributed by atoms with van der Waals surface area (Å²) >= 11 is 2.22. The van der Waals surface area contributed by atoms with Crippen LogP contribution in [0.15, 0.2) is 24.3 Å². The van der Waals surface area contributed by atoms with Crippen LogP contribution >= 0.6 is 22.6 Å². The SMILES string of the molecule is CC(C)CCCOCC(=O)c1ccc(I)cc1. The van der Waals surface area contributed by atoms with Gasteiger partial charge in [-0.2, -0.15) is 0 Å². The molecule has 17 heavy (non-hydrogen) atoms. The number of ketones is 1. The minimum atomic E-state index is 0.0611. The number of rotatable bonds is 7. The topological polar surface area (TPSA) is 26.3 Å². The Morgan fingerprint density at radius 2 is 1.94 bits per heavy atom. The lowest BCUT2D eigenvalue weighted by Gasteiger charge is -2.05. The Labute approximate surface area is 117 Å². The predicted octanol–water partition coefficient (Wildman–Crippen LogP) is 3.93. The summed E-state index contributed by atoms with van der Waals surface area (Å²) in [5, 5.41) is 0. The zero-order valence-electron chi connectivity index (χ0n) is 10.4. The van der Waals surface area contributed by atoms with Gasteiger partial charge in [0, 0.05) is 15.7 Å². The van der Waals surface area contributed by atoms with E-state index in [1.54, 1.807) is 0 Å². The van der Waals surface area contributed by atoms with Gasteiger partial charge in [0.2, 0.25) is 0 Å². The van der Waals surface area contributed by atoms with Gasteiger partial charge in [-0.15, -0.1) is 0 Å². The summed E-state index contributed by atoms with van der Waals surface area (Å²) in [5.74, 6) is 0.761. The van der Waals surface area contributed by atoms with Crippen molar-refractivity contribution < 1.29 is 9.53 Å². The van der Waals surface area contributed by atoms with Crippen LogP contribution in [0.5, 0.6) is 0 Å². The van der Waals surface area contributed by atoms with Crippen LogP contribution in [0.3, 0.4) is 0 Å². The first-order chi connectivity index (χ1) is 8.09. The summed E-state index contributed by atoms with van der Waals surface area (Å²) in [6.45, 7) is 5.25. The molecule has 1 aromatic carbocycles. The number of hydrogen-bond donors (Lipinski definition) is 0. The Morgan fingerprint density at radius 3 is 2.53 bits per heavy atom. The Kier molecular flexibility index (Phi) is 6.73. The molecule has 0 saturated carbocycles. The van der Waals surface area contributed by atoms with Crippen LogP contribution in [0.25, 0.3) is 0 Å². The van der Waals surface area contributed by atoms with E-state index in [1.165, 1.54) is 0 Å². The summed E-state index contributed by atoms with van der Waals surface area (Å²) in [7, 11) is 0. The lowest BCUT2D eigenvalue weighted by molar-refractivity contribution is 0.0749. The van der Waals surface area contributed by atoms with Crippen molar-refractivity contribution in [3.05, 3.63) is 33.4 Å². The summed E-state index contributed by atoms with van der Waals surface area (Å²) in [4.78, 5) is 11.7. The van der Waals surface area contributed by atoms with Crippen LogP contribution in [-0.2, 0) is 4.74 Å². The molecule has 1 rings (SSSR count). The Bertz CT molecular complexity index is 344. The largest absolute Gasteiger partial charge is 0.373 e. The van der Waals surface area contributed by atoms with Gasteiger partial charge in [-0.25, -0.2) is 0 Å². The second-order valence-corrected chi connectivity index (χ2v) is 5.76. The average molecular weight is 346 g/mol. The van der Waals surface area contributed by atoms with Crippen LogP contribution in [0.2, 0.25) is 0 Å². The minimum absolute atomic E-state index is 0.0611. The van der Waals surface area contributed by atoms with Crippen molar-refractivity contribution in [2.75, 3.05) is 13.2 Å². The second-order valence-electron chi connectivity index (χ2n) is 4.52. The molecule has 0 aliphatic rings. The van der Waals surface area contributed by atoms with E-state index in [1.807, 2.05) is 24.3 Å². The molecule has 0 aromatic heterocycles. The Balaban J connectivity index is 2.23. The molecule has 0 aliphatic carbocycles. The molecule has 0 radical (unpaired) electrons. The second kappa shape index (κ2) is 7.82. The predicted molar refractivity (Wildman–Crippen MR) is 78.4 cm³/mol. The van der Waals surface area contributed by atoms with Crippen LogP contribution < -0.4 is 0 Å². The molecule has 2 nitrogen and oxygen atoms in total. The number of carbonyl (C=O) groups excluding carboxylic acids is 1. The molecule has 0 atom stereocenters. The number of carbonyl (C=O) groups is 1. The molecule has 0 unspecified atom stereocenters. The number of Topliss-reactive ketones (excluding diaryl/α,β-unsaturated/α-hetero) is 1. The van der Waals surface area contributed by atoms with E-state index >= 15 is 0 Å². The first-order valence-electron chi connectivity index (χ1n) is 5.96. The highest BCUT2D eigenvalue weighted by Gasteiger charge is 2.05. The van der Waals surface area contributed by atoms with Gasteiger partial charge >= 0.3 is 0 Å². The van der Waals surface area contributed by atoms with Gasteiger partial charge in [-0.3, -0.25) is 4.79 Å². The zero-order valence-corrected chi connectivity index (χ0v) is 12.6. The Morgan fingerprint density at radius 1 is 1.29 bits per heavy atom. The first-order valence-corrected chi connectivity index (χ1v) is 7.04. The molecule has 3 heteroatoms. The van der Waals surface area contributed by atoms with E-state index in [0.717, 1.165) is 22.0 Å².